The van der Waals surface area contributed by atoms with Crippen LogP contribution in [0.2, 0.25) is 0 Å². The molecule has 1 saturated heterocycles. The van der Waals surface area contributed by atoms with Crippen LogP contribution in [0.25, 0.3) is 11.1 Å². The van der Waals surface area contributed by atoms with Gasteiger partial charge in [0.25, 0.3) is 0 Å². The Morgan fingerprint density at radius 1 is 0.938 bits per heavy atom. The molecule has 0 aromatic heterocycles. The van der Waals surface area contributed by atoms with Crippen LogP contribution in [0.15, 0.2) is 30.3 Å². The largest absolute Gasteiger partial charge is 0.493 e. The second-order valence-electron chi connectivity index (χ2n) is 8.67. The van der Waals surface area contributed by atoms with Crippen molar-refractivity contribution in [2.75, 3.05) is 47.6 Å². The van der Waals surface area contributed by atoms with Gasteiger partial charge in [0.15, 0.2) is 23.0 Å². The maximum Gasteiger partial charge on any atom is 0.164 e. The fraction of sp³-hybridized carbons (Fsp3) is 0.556. The topological polar surface area (TPSA) is 40.2 Å². The number of benzene rings is 2. The summed E-state index contributed by atoms with van der Waals surface area (Å²) in [6, 6.07) is 10.4. The molecule has 32 heavy (non-hydrogen) atoms. The second kappa shape index (κ2) is 12.0. The quantitative estimate of drug-likeness (QED) is 0.410. The monoisotopic (exact) mass is 441 g/mol. The van der Waals surface area contributed by atoms with Crippen LogP contribution in [0.4, 0.5) is 0 Å². The number of rotatable bonds is 11. The smallest absolute Gasteiger partial charge is 0.164 e. The van der Waals surface area contributed by atoms with Gasteiger partial charge >= 0.3 is 0 Å². The molecule has 0 saturated carbocycles. The number of piperidine rings is 1. The lowest BCUT2D eigenvalue weighted by molar-refractivity contribution is 0.146. The molecule has 0 amide bonds. The van der Waals surface area contributed by atoms with Gasteiger partial charge in [-0.2, -0.15) is 0 Å². The highest BCUT2D eigenvalue weighted by atomic mass is 16.5. The normalized spacial score (nSPS) is 16.6. The average Bonchev–Trinajstić information content (AvgIpc) is 2.82. The fourth-order valence-corrected chi connectivity index (χ4v) is 4.31. The molecule has 0 bridgehead atoms. The molecular formula is C27H39NO4. The van der Waals surface area contributed by atoms with Gasteiger partial charge in [0, 0.05) is 12.5 Å². The molecule has 0 radical (unpaired) electrons. The summed E-state index contributed by atoms with van der Waals surface area (Å²) < 4.78 is 23.6. The van der Waals surface area contributed by atoms with E-state index in [1.54, 1.807) is 14.2 Å². The lowest BCUT2D eigenvalue weighted by atomic mass is 9.98. The Balaban J connectivity index is 1.93. The molecule has 1 atom stereocenters. The Morgan fingerprint density at radius 2 is 1.72 bits per heavy atom. The summed E-state index contributed by atoms with van der Waals surface area (Å²) in [5.41, 5.74) is 3.34. The highest BCUT2D eigenvalue weighted by molar-refractivity contribution is 5.71. The molecule has 0 N–H and O–H groups in total. The summed E-state index contributed by atoms with van der Waals surface area (Å²) >= 11 is 0. The Kier molecular flexibility index (Phi) is 9.10. The van der Waals surface area contributed by atoms with Gasteiger partial charge in [0.05, 0.1) is 27.4 Å². The third-order valence-electron chi connectivity index (χ3n) is 6.17. The highest BCUT2D eigenvalue weighted by Crippen LogP contribution is 2.40. The minimum atomic E-state index is 0.548. The SMILES string of the molecule is CCCCOc1c(CC)cc(-c2ccc(OC)c(OC)c2)cc1OCC1CCCN(C)C1. The van der Waals surface area contributed by atoms with Gasteiger partial charge in [-0.3, -0.25) is 0 Å². The van der Waals surface area contributed by atoms with Crippen LogP contribution in [-0.2, 0) is 6.42 Å². The number of likely N-dealkylation sites (tertiary alicyclic amines) is 1. The fourth-order valence-electron chi connectivity index (χ4n) is 4.31. The van der Waals surface area contributed by atoms with E-state index in [-0.39, 0.29) is 0 Å². The number of nitrogens with zero attached hydrogens (tertiary/aromatic N) is 1. The number of aryl methyl sites for hydroxylation is 1. The van der Waals surface area contributed by atoms with Crippen LogP contribution in [0.5, 0.6) is 23.0 Å². The van der Waals surface area contributed by atoms with E-state index in [1.807, 2.05) is 12.1 Å². The first-order valence-corrected chi connectivity index (χ1v) is 11.9. The Bertz CT molecular complexity index is 867. The molecule has 1 aliphatic heterocycles. The van der Waals surface area contributed by atoms with Crippen molar-refractivity contribution in [1.29, 1.82) is 0 Å². The first-order chi connectivity index (χ1) is 15.6. The molecule has 1 unspecified atom stereocenters. The molecule has 1 fully saturated rings. The van der Waals surface area contributed by atoms with Crippen LogP contribution in [-0.4, -0.2) is 52.5 Å². The van der Waals surface area contributed by atoms with Crippen molar-refractivity contribution in [3.05, 3.63) is 35.9 Å². The van der Waals surface area contributed by atoms with E-state index in [4.69, 9.17) is 18.9 Å². The van der Waals surface area contributed by atoms with Crippen LogP contribution < -0.4 is 18.9 Å². The van der Waals surface area contributed by atoms with Crippen molar-refractivity contribution in [3.63, 3.8) is 0 Å². The molecule has 5 heteroatoms. The number of ether oxygens (including phenoxy) is 4. The molecule has 1 heterocycles. The summed E-state index contributed by atoms with van der Waals surface area (Å²) in [7, 11) is 5.52. The van der Waals surface area contributed by atoms with E-state index >= 15 is 0 Å². The molecule has 1 aliphatic rings. The van der Waals surface area contributed by atoms with Gasteiger partial charge in [0.1, 0.15) is 0 Å². The molecule has 5 nitrogen and oxygen atoms in total. The highest BCUT2D eigenvalue weighted by Gasteiger charge is 2.20. The average molecular weight is 442 g/mol. The van der Waals surface area contributed by atoms with Gasteiger partial charge < -0.3 is 23.8 Å². The number of hydrogen-bond donors (Lipinski definition) is 0. The van der Waals surface area contributed by atoms with Gasteiger partial charge in [-0.05, 0) is 80.2 Å². The van der Waals surface area contributed by atoms with Crippen molar-refractivity contribution in [2.45, 2.75) is 46.0 Å². The predicted molar refractivity (Wildman–Crippen MR) is 130 cm³/mol. The Labute approximate surface area is 193 Å². The van der Waals surface area contributed by atoms with E-state index in [1.165, 1.54) is 24.9 Å². The summed E-state index contributed by atoms with van der Waals surface area (Å²) in [6.45, 7) is 8.04. The molecule has 3 rings (SSSR count). The molecule has 176 valence electrons. The van der Waals surface area contributed by atoms with Crippen molar-refractivity contribution in [1.82, 2.24) is 4.90 Å². The van der Waals surface area contributed by atoms with E-state index in [0.717, 1.165) is 59.9 Å². The first kappa shape index (κ1) is 24.2. The predicted octanol–water partition coefficient (Wildman–Crippen LogP) is 5.83. The lowest BCUT2D eigenvalue weighted by Gasteiger charge is -2.30. The zero-order valence-electron chi connectivity index (χ0n) is 20.4. The van der Waals surface area contributed by atoms with Crippen LogP contribution in [0.1, 0.15) is 45.1 Å². The molecule has 0 spiro atoms. The second-order valence-corrected chi connectivity index (χ2v) is 8.67. The Hall–Kier alpha value is -2.40. The minimum absolute atomic E-state index is 0.548. The first-order valence-electron chi connectivity index (χ1n) is 11.9. The van der Waals surface area contributed by atoms with Gasteiger partial charge in [-0.15, -0.1) is 0 Å². The van der Waals surface area contributed by atoms with Gasteiger partial charge in [-0.1, -0.05) is 26.3 Å². The third-order valence-corrected chi connectivity index (χ3v) is 6.17. The van der Waals surface area contributed by atoms with Gasteiger partial charge in [0.2, 0.25) is 0 Å². The summed E-state index contributed by atoms with van der Waals surface area (Å²) in [5.74, 6) is 3.74. The van der Waals surface area contributed by atoms with Crippen molar-refractivity contribution in [3.8, 4) is 34.1 Å². The summed E-state index contributed by atoms with van der Waals surface area (Å²) in [5, 5.41) is 0. The zero-order chi connectivity index (χ0) is 22.9. The van der Waals surface area contributed by atoms with E-state index in [9.17, 15) is 0 Å². The van der Waals surface area contributed by atoms with Crippen molar-refractivity contribution < 1.29 is 18.9 Å². The summed E-state index contributed by atoms with van der Waals surface area (Å²) in [6.07, 6.45) is 5.47. The van der Waals surface area contributed by atoms with Crippen molar-refractivity contribution in [2.24, 2.45) is 5.92 Å². The van der Waals surface area contributed by atoms with E-state index in [2.05, 4.69) is 44.0 Å². The number of methoxy groups -OCH3 is 2. The van der Waals surface area contributed by atoms with Crippen LogP contribution in [0.3, 0.4) is 0 Å². The lowest BCUT2D eigenvalue weighted by Crippen LogP contribution is -2.34. The zero-order valence-corrected chi connectivity index (χ0v) is 20.4. The van der Waals surface area contributed by atoms with Crippen molar-refractivity contribution >= 4 is 0 Å². The standard InChI is InChI=1S/C27H39NO4/c1-6-8-14-31-27-21(7-2)15-23(22-11-12-24(29-4)25(16-22)30-5)17-26(27)32-19-20-10-9-13-28(3)18-20/h11-12,15-17,20H,6-10,13-14,18-19H2,1-5H3. The van der Waals surface area contributed by atoms with E-state index < -0.39 is 0 Å². The molecular weight excluding hydrogens is 402 g/mol. The minimum Gasteiger partial charge on any atom is -0.493 e. The number of unbranched alkanes of at least 4 members (excludes halogenated alkanes) is 1. The third kappa shape index (κ3) is 6.10. The molecule has 2 aromatic carbocycles. The molecule has 0 aliphatic carbocycles. The van der Waals surface area contributed by atoms with Crippen LogP contribution >= 0.6 is 0 Å². The van der Waals surface area contributed by atoms with Crippen LogP contribution in [0, 0.1) is 5.92 Å². The number of hydrogen-bond acceptors (Lipinski definition) is 5. The van der Waals surface area contributed by atoms with E-state index in [0.29, 0.717) is 19.1 Å². The summed E-state index contributed by atoms with van der Waals surface area (Å²) in [4.78, 5) is 2.40. The Morgan fingerprint density at radius 3 is 2.41 bits per heavy atom. The molecule has 2 aromatic rings. The maximum absolute atomic E-state index is 6.45. The van der Waals surface area contributed by atoms with Gasteiger partial charge in [-0.25, -0.2) is 0 Å². The maximum atomic E-state index is 6.45.